The van der Waals surface area contributed by atoms with Gasteiger partial charge in [-0.3, -0.25) is 0 Å². The van der Waals surface area contributed by atoms with Crippen LogP contribution in [0, 0.1) is 12.7 Å². The molecule has 0 saturated heterocycles. The topological polar surface area (TPSA) is 58.3 Å². The molecule has 0 aliphatic carbocycles. The summed E-state index contributed by atoms with van der Waals surface area (Å²) in [5.74, 6) is -0.828. The number of benzene rings is 3. The van der Waals surface area contributed by atoms with E-state index in [1.165, 1.54) is 12.1 Å². The first-order valence-corrected chi connectivity index (χ1v) is 7.79. The van der Waals surface area contributed by atoms with Crippen LogP contribution in [0.4, 0.5) is 4.39 Å². The van der Waals surface area contributed by atoms with Gasteiger partial charge in [0.2, 0.25) is 0 Å². The molecule has 0 bridgehead atoms. The van der Waals surface area contributed by atoms with E-state index in [9.17, 15) is 14.6 Å². The van der Waals surface area contributed by atoms with Gasteiger partial charge in [0.1, 0.15) is 5.75 Å². The number of phenols is 2. The summed E-state index contributed by atoms with van der Waals surface area (Å²) < 4.78 is 15.2. The number of rotatable bonds is 2. The lowest BCUT2D eigenvalue weighted by atomic mass is 10.0. The first kappa shape index (κ1) is 15.2. The van der Waals surface area contributed by atoms with Gasteiger partial charge in [-0.05, 0) is 53.9 Å². The fourth-order valence-electron chi connectivity index (χ4n) is 2.95. The summed E-state index contributed by atoms with van der Waals surface area (Å²) in [6.07, 6.45) is 1.57. The third kappa shape index (κ3) is 2.59. The maximum Gasteiger partial charge on any atom is 0.165 e. The van der Waals surface area contributed by atoms with Crippen molar-refractivity contribution in [2.75, 3.05) is 0 Å². The second-order valence-electron chi connectivity index (χ2n) is 5.97. The summed E-state index contributed by atoms with van der Waals surface area (Å²) in [6.45, 7) is 1.97. The van der Waals surface area contributed by atoms with E-state index < -0.39 is 11.6 Å². The minimum Gasteiger partial charge on any atom is -0.508 e. The van der Waals surface area contributed by atoms with E-state index in [1.807, 2.05) is 37.3 Å². The molecule has 0 saturated carbocycles. The highest BCUT2D eigenvalue weighted by atomic mass is 19.1. The van der Waals surface area contributed by atoms with Gasteiger partial charge >= 0.3 is 0 Å². The van der Waals surface area contributed by atoms with Crippen molar-refractivity contribution in [3.63, 3.8) is 0 Å². The molecule has 4 nitrogen and oxygen atoms in total. The number of fused-ring (bicyclic) bond motifs is 1. The number of phenolic OH excluding ortho intramolecular Hbond substituents is 2. The maximum absolute atomic E-state index is 13.5. The van der Waals surface area contributed by atoms with E-state index in [1.54, 1.807) is 23.0 Å². The van der Waals surface area contributed by atoms with Crippen LogP contribution >= 0.6 is 0 Å². The molecule has 4 aromatic rings. The average molecular weight is 334 g/mol. The zero-order chi connectivity index (χ0) is 17.6. The van der Waals surface area contributed by atoms with Gasteiger partial charge in [-0.15, -0.1) is 0 Å². The Balaban J connectivity index is 1.82. The third-order valence-corrected chi connectivity index (χ3v) is 4.26. The Bertz CT molecular complexity index is 1090. The molecule has 124 valence electrons. The lowest BCUT2D eigenvalue weighted by Crippen LogP contribution is -1.99. The molecular formula is C20H15FN2O2. The zero-order valence-corrected chi connectivity index (χ0v) is 13.4. The lowest BCUT2D eigenvalue weighted by Gasteiger charge is -2.10. The number of hydrogen-bond donors (Lipinski definition) is 2. The number of hydrogen-bond acceptors (Lipinski definition) is 3. The summed E-state index contributed by atoms with van der Waals surface area (Å²) in [4.78, 5) is 0. The standard InChI is InChI=1S/C20H15FN2O2/c1-12-8-14(13-2-5-16(24)6-3-13)4-7-18(12)23-19-10-20(25)17(21)9-15(19)11-22-23/h2-11,24-25H,1H3. The molecule has 0 unspecified atom stereocenters. The Morgan fingerprint density at radius 2 is 1.64 bits per heavy atom. The molecule has 2 N–H and O–H groups in total. The first-order chi connectivity index (χ1) is 12.0. The lowest BCUT2D eigenvalue weighted by molar-refractivity contribution is 0.433. The zero-order valence-electron chi connectivity index (χ0n) is 13.4. The molecule has 0 amide bonds. The molecule has 5 heteroatoms. The van der Waals surface area contributed by atoms with Crippen LogP contribution in [-0.4, -0.2) is 20.0 Å². The quantitative estimate of drug-likeness (QED) is 0.565. The van der Waals surface area contributed by atoms with Crippen molar-refractivity contribution in [2.24, 2.45) is 0 Å². The van der Waals surface area contributed by atoms with Crippen LogP contribution in [0.1, 0.15) is 5.56 Å². The molecule has 25 heavy (non-hydrogen) atoms. The Morgan fingerprint density at radius 1 is 0.920 bits per heavy atom. The SMILES string of the molecule is Cc1cc(-c2ccc(O)cc2)ccc1-n1ncc2cc(F)c(O)cc21. The van der Waals surface area contributed by atoms with Crippen LogP contribution in [-0.2, 0) is 0 Å². The Labute approximate surface area is 143 Å². The molecule has 1 heterocycles. The van der Waals surface area contributed by atoms with Gasteiger partial charge in [0.05, 0.1) is 17.4 Å². The minimum atomic E-state index is -0.661. The summed E-state index contributed by atoms with van der Waals surface area (Å²) >= 11 is 0. The summed E-state index contributed by atoms with van der Waals surface area (Å²) in [6, 6.07) is 15.6. The predicted molar refractivity (Wildman–Crippen MR) is 94.5 cm³/mol. The van der Waals surface area contributed by atoms with Gasteiger partial charge in [-0.1, -0.05) is 18.2 Å². The third-order valence-electron chi connectivity index (χ3n) is 4.26. The van der Waals surface area contributed by atoms with E-state index in [4.69, 9.17) is 0 Å². The van der Waals surface area contributed by atoms with E-state index in [-0.39, 0.29) is 5.75 Å². The maximum atomic E-state index is 13.5. The van der Waals surface area contributed by atoms with E-state index in [0.717, 1.165) is 22.4 Å². The van der Waals surface area contributed by atoms with E-state index >= 15 is 0 Å². The van der Waals surface area contributed by atoms with Crippen molar-refractivity contribution in [1.29, 1.82) is 0 Å². The Hall–Kier alpha value is -3.34. The highest BCUT2D eigenvalue weighted by Gasteiger charge is 2.12. The number of aromatic nitrogens is 2. The largest absolute Gasteiger partial charge is 0.508 e. The molecule has 0 aliphatic heterocycles. The van der Waals surface area contributed by atoms with Gasteiger partial charge in [0.25, 0.3) is 0 Å². The van der Waals surface area contributed by atoms with Crippen molar-refractivity contribution in [2.45, 2.75) is 6.92 Å². The highest BCUT2D eigenvalue weighted by molar-refractivity contribution is 5.82. The van der Waals surface area contributed by atoms with Gasteiger partial charge in [-0.25, -0.2) is 9.07 Å². The predicted octanol–water partition coefficient (Wildman–Crippen LogP) is 4.55. The van der Waals surface area contributed by atoms with Gasteiger partial charge < -0.3 is 10.2 Å². The second-order valence-corrected chi connectivity index (χ2v) is 5.97. The van der Waals surface area contributed by atoms with E-state index in [0.29, 0.717) is 10.9 Å². The molecule has 3 aromatic carbocycles. The summed E-state index contributed by atoms with van der Waals surface area (Å²) in [5.41, 5.74) is 4.49. The number of halogens is 1. The van der Waals surface area contributed by atoms with Gasteiger partial charge in [-0.2, -0.15) is 5.10 Å². The van der Waals surface area contributed by atoms with Crippen LogP contribution in [0.15, 0.2) is 60.8 Å². The van der Waals surface area contributed by atoms with Crippen LogP contribution in [0.2, 0.25) is 0 Å². The Kier molecular flexibility index (Phi) is 3.42. The highest BCUT2D eigenvalue weighted by Crippen LogP contribution is 2.29. The monoisotopic (exact) mass is 334 g/mol. The molecule has 4 rings (SSSR count). The molecule has 0 spiro atoms. The number of aromatic hydroxyl groups is 2. The van der Waals surface area contributed by atoms with Crippen LogP contribution in [0.5, 0.6) is 11.5 Å². The number of nitrogens with zero attached hydrogens (tertiary/aromatic N) is 2. The summed E-state index contributed by atoms with van der Waals surface area (Å²) in [7, 11) is 0. The average Bonchev–Trinajstić information content (AvgIpc) is 2.98. The molecular weight excluding hydrogens is 319 g/mol. The molecule has 0 radical (unpaired) electrons. The van der Waals surface area contributed by atoms with Gasteiger partial charge in [0.15, 0.2) is 11.6 Å². The van der Waals surface area contributed by atoms with Crippen LogP contribution in [0.25, 0.3) is 27.7 Å². The van der Waals surface area contributed by atoms with Crippen LogP contribution in [0.3, 0.4) is 0 Å². The normalized spacial score (nSPS) is 11.1. The first-order valence-electron chi connectivity index (χ1n) is 7.79. The fraction of sp³-hybridized carbons (Fsp3) is 0.0500. The van der Waals surface area contributed by atoms with Crippen molar-refractivity contribution >= 4 is 10.9 Å². The summed E-state index contributed by atoms with van der Waals surface area (Å²) in [5, 5.41) is 24.0. The molecule has 0 aliphatic rings. The van der Waals surface area contributed by atoms with Crippen molar-refractivity contribution in [3.8, 4) is 28.3 Å². The van der Waals surface area contributed by atoms with Crippen molar-refractivity contribution in [3.05, 3.63) is 72.2 Å². The minimum absolute atomic E-state index is 0.229. The van der Waals surface area contributed by atoms with E-state index in [2.05, 4.69) is 5.10 Å². The fourth-order valence-corrected chi connectivity index (χ4v) is 2.95. The Morgan fingerprint density at radius 3 is 2.36 bits per heavy atom. The smallest absolute Gasteiger partial charge is 0.165 e. The molecule has 0 atom stereocenters. The van der Waals surface area contributed by atoms with Crippen molar-refractivity contribution in [1.82, 2.24) is 9.78 Å². The molecule has 0 fully saturated rings. The second kappa shape index (κ2) is 5.63. The van der Waals surface area contributed by atoms with Crippen molar-refractivity contribution < 1.29 is 14.6 Å². The number of aryl methyl sites for hydroxylation is 1. The molecule has 1 aromatic heterocycles. The van der Waals surface area contributed by atoms with Gasteiger partial charge in [0, 0.05) is 11.5 Å². The van der Waals surface area contributed by atoms with Crippen LogP contribution < -0.4 is 0 Å².